The average Bonchev–Trinajstić information content (AvgIpc) is 2.82. The molecule has 1 fully saturated rings. The molecular weight excluding hydrogens is 332 g/mol. The lowest BCUT2D eigenvalue weighted by molar-refractivity contribution is -0.138. The summed E-state index contributed by atoms with van der Waals surface area (Å²) < 4.78 is 0. The molecule has 0 aliphatic carbocycles. The maximum atomic E-state index is 12.1. The Morgan fingerprint density at radius 2 is 1.92 bits per heavy atom. The third-order valence-electron chi connectivity index (χ3n) is 2.95. The largest absolute Gasteiger partial charge is 0.480 e. The third-order valence-corrected chi connectivity index (χ3v) is 3.87. The van der Waals surface area contributed by atoms with Gasteiger partial charge in [0.15, 0.2) is 0 Å². The van der Waals surface area contributed by atoms with Crippen LogP contribution in [0, 0.1) is 0 Å². The van der Waals surface area contributed by atoms with Crippen molar-refractivity contribution in [2.24, 2.45) is 0 Å². The molecule has 1 aliphatic rings. The second kappa shape index (κ2) is 8.11. The lowest BCUT2D eigenvalue weighted by Crippen LogP contribution is -2.41. The fourth-order valence-corrected chi connectivity index (χ4v) is 2.62. The summed E-state index contributed by atoms with van der Waals surface area (Å²) in [5.74, 6) is -2.49. The maximum absolute atomic E-state index is 12.1. The number of nitrogens with one attached hydrogen (secondary N) is 1. The Balaban J connectivity index is 1.98. The number of carboxylic acids is 1. The van der Waals surface area contributed by atoms with E-state index < -0.39 is 36.1 Å². The van der Waals surface area contributed by atoms with E-state index in [-0.39, 0.29) is 4.91 Å². The Morgan fingerprint density at radius 1 is 1.21 bits per heavy atom. The lowest BCUT2D eigenvalue weighted by Gasteiger charge is -2.11. The number of carbonyl (C=O) groups excluding carboxylic acids is 3. The first-order valence-electron chi connectivity index (χ1n) is 6.93. The van der Waals surface area contributed by atoms with E-state index in [0.29, 0.717) is 0 Å². The van der Waals surface area contributed by atoms with Gasteiger partial charge in [0.25, 0.3) is 11.1 Å². The lowest BCUT2D eigenvalue weighted by atomic mass is 10.2. The van der Waals surface area contributed by atoms with E-state index >= 15 is 0 Å². The van der Waals surface area contributed by atoms with Crippen LogP contribution in [0.2, 0.25) is 0 Å². The first kappa shape index (κ1) is 17.5. The van der Waals surface area contributed by atoms with Crippen LogP contribution in [0.15, 0.2) is 47.4 Å². The van der Waals surface area contributed by atoms with Gasteiger partial charge >= 0.3 is 5.97 Å². The molecule has 3 amide bonds. The number of amides is 3. The molecule has 0 bridgehead atoms. The molecule has 1 saturated heterocycles. The Labute approximate surface area is 142 Å². The Kier molecular flexibility index (Phi) is 5.91. The van der Waals surface area contributed by atoms with Gasteiger partial charge in [-0.3, -0.25) is 24.1 Å². The van der Waals surface area contributed by atoms with Crippen LogP contribution in [0.1, 0.15) is 5.56 Å². The van der Waals surface area contributed by atoms with Crippen molar-refractivity contribution in [3.05, 3.63) is 53.0 Å². The van der Waals surface area contributed by atoms with Crippen molar-refractivity contribution < 1.29 is 24.3 Å². The van der Waals surface area contributed by atoms with Crippen molar-refractivity contribution in [1.29, 1.82) is 0 Å². The van der Waals surface area contributed by atoms with Crippen molar-refractivity contribution in [2.75, 3.05) is 13.1 Å². The summed E-state index contributed by atoms with van der Waals surface area (Å²) in [6, 6.07) is 9.43. The van der Waals surface area contributed by atoms with Crippen molar-refractivity contribution in [3.8, 4) is 0 Å². The van der Waals surface area contributed by atoms with E-state index in [9.17, 15) is 19.2 Å². The quantitative estimate of drug-likeness (QED) is 0.756. The Bertz CT molecular complexity index is 727. The van der Waals surface area contributed by atoms with Gasteiger partial charge in [-0.2, -0.15) is 0 Å². The number of allylic oxidation sites excluding steroid dienone is 2. The summed E-state index contributed by atoms with van der Waals surface area (Å²) in [4.78, 5) is 46.8. The molecule has 0 spiro atoms. The highest BCUT2D eigenvalue weighted by Crippen LogP contribution is 2.30. The fraction of sp³-hybridized carbons (Fsp3) is 0.125. The third kappa shape index (κ3) is 4.82. The van der Waals surface area contributed by atoms with Gasteiger partial charge < -0.3 is 10.4 Å². The van der Waals surface area contributed by atoms with Crippen LogP contribution < -0.4 is 5.32 Å². The van der Waals surface area contributed by atoms with Gasteiger partial charge in [0.1, 0.15) is 13.1 Å². The summed E-state index contributed by atoms with van der Waals surface area (Å²) in [6.45, 7) is -1.07. The molecule has 7 nitrogen and oxygen atoms in total. The number of benzene rings is 1. The van der Waals surface area contributed by atoms with E-state index in [1.165, 1.54) is 6.08 Å². The summed E-state index contributed by atoms with van der Waals surface area (Å²) in [5.41, 5.74) is 0.945. The smallest absolute Gasteiger partial charge is 0.322 e. The second-order valence-electron chi connectivity index (χ2n) is 4.73. The maximum Gasteiger partial charge on any atom is 0.322 e. The van der Waals surface area contributed by atoms with E-state index in [0.717, 1.165) is 22.2 Å². The minimum absolute atomic E-state index is 0.207. The highest BCUT2D eigenvalue weighted by atomic mass is 32.2. The summed E-state index contributed by atoms with van der Waals surface area (Å²) in [7, 11) is 0. The number of rotatable bonds is 6. The molecule has 0 unspecified atom stereocenters. The number of nitrogens with zero attached hydrogens (tertiary/aromatic N) is 1. The molecule has 0 radical (unpaired) electrons. The predicted octanol–water partition coefficient (Wildman–Crippen LogP) is 1.48. The monoisotopic (exact) mass is 346 g/mol. The molecule has 0 aromatic heterocycles. The number of carbonyl (C=O) groups is 4. The van der Waals surface area contributed by atoms with Crippen molar-refractivity contribution in [2.45, 2.75) is 0 Å². The molecule has 2 N–H and O–H groups in total. The van der Waals surface area contributed by atoms with Crippen LogP contribution in [-0.2, 0) is 14.4 Å². The Hall–Kier alpha value is -2.87. The molecule has 24 heavy (non-hydrogen) atoms. The van der Waals surface area contributed by atoms with Gasteiger partial charge in [0.05, 0.1) is 4.91 Å². The standard InChI is InChI=1S/C16H14N2O5S/c19-13(17-9-14(20)21)10-18-15(22)12(24-16(18)23)8-4-7-11-5-2-1-3-6-11/h1-8H,9-10H2,(H,17,19)(H,20,21)/b7-4+,12-8-. The molecule has 1 aromatic rings. The highest BCUT2D eigenvalue weighted by Gasteiger charge is 2.35. The van der Waals surface area contributed by atoms with Crippen LogP contribution in [0.3, 0.4) is 0 Å². The zero-order valence-electron chi connectivity index (χ0n) is 12.5. The number of thioether (sulfide) groups is 1. The van der Waals surface area contributed by atoms with Gasteiger partial charge in [-0.1, -0.05) is 42.5 Å². The summed E-state index contributed by atoms with van der Waals surface area (Å²) in [5, 5.41) is 10.0. The molecular formula is C16H14N2O5S. The molecule has 124 valence electrons. The van der Waals surface area contributed by atoms with Gasteiger partial charge in [0.2, 0.25) is 5.91 Å². The molecule has 1 heterocycles. The SMILES string of the molecule is O=C(O)CNC(=O)CN1C(=O)S/C(=C\C=C\c2ccccc2)C1=O. The van der Waals surface area contributed by atoms with Gasteiger partial charge in [-0.15, -0.1) is 0 Å². The summed E-state index contributed by atoms with van der Waals surface area (Å²) in [6.07, 6.45) is 4.94. The first-order valence-corrected chi connectivity index (χ1v) is 7.74. The topological polar surface area (TPSA) is 104 Å². The molecule has 0 atom stereocenters. The number of imide groups is 1. The minimum Gasteiger partial charge on any atom is -0.480 e. The Morgan fingerprint density at radius 3 is 2.58 bits per heavy atom. The fourth-order valence-electron chi connectivity index (χ4n) is 1.83. The van der Waals surface area contributed by atoms with Crippen molar-refractivity contribution in [3.63, 3.8) is 0 Å². The number of hydrogen-bond acceptors (Lipinski definition) is 5. The number of hydrogen-bond donors (Lipinski definition) is 2. The van der Waals surface area contributed by atoms with Gasteiger partial charge in [-0.25, -0.2) is 0 Å². The number of carboxylic acid groups (broad SMARTS) is 1. The van der Waals surface area contributed by atoms with Crippen molar-refractivity contribution >= 4 is 40.9 Å². The van der Waals surface area contributed by atoms with Crippen LogP contribution in [0.25, 0.3) is 6.08 Å². The zero-order chi connectivity index (χ0) is 17.5. The minimum atomic E-state index is -1.21. The highest BCUT2D eigenvalue weighted by molar-refractivity contribution is 8.18. The van der Waals surface area contributed by atoms with Crippen LogP contribution in [0.5, 0.6) is 0 Å². The van der Waals surface area contributed by atoms with E-state index in [4.69, 9.17) is 5.11 Å². The van der Waals surface area contributed by atoms with Gasteiger partial charge in [-0.05, 0) is 23.4 Å². The molecule has 1 aromatic carbocycles. The average molecular weight is 346 g/mol. The van der Waals surface area contributed by atoms with E-state index in [1.807, 2.05) is 30.3 Å². The zero-order valence-corrected chi connectivity index (χ0v) is 13.3. The van der Waals surface area contributed by atoms with E-state index in [1.54, 1.807) is 12.2 Å². The normalized spacial score (nSPS) is 16.2. The van der Waals surface area contributed by atoms with Crippen LogP contribution >= 0.6 is 11.8 Å². The first-order chi connectivity index (χ1) is 11.5. The van der Waals surface area contributed by atoms with Crippen LogP contribution in [-0.4, -0.2) is 46.1 Å². The number of aliphatic carboxylic acids is 1. The molecule has 8 heteroatoms. The molecule has 0 saturated carbocycles. The second-order valence-corrected chi connectivity index (χ2v) is 5.72. The summed E-state index contributed by atoms with van der Waals surface area (Å²) >= 11 is 0.734. The van der Waals surface area contributed by atoms with Gasteiger partial charge in [0, 0.05) is 0 Å². The van der Waals surface area contributed by atoms with E-state index in [2.05, 4.69) is 5.32 Å². The predicted molar refractivity (Wildman–Crippen MR) is 88.9 cm³/mol. The molecule has 2 rings (SSSR count). The van der Waals surface area contributed by atoms with Crippen LogP contribution in [0.4, 0.5) is 4.79 Å². The molecule has 1 aliphatic heterocycles. The van der Waals surface area contributed by atoms with Crippen molar-refractivity contribution in [1.82, 2.24) is 10.2 Å².